The van der Waals surface area contributed by atoms with Gasteiger partial charge in [0.2, 0.25) is 0 Å². The van der Waals surface area contributed by atoms with Gasteiger partial charge in [-0.1, -0.05) is 18.9 Å². The van der Waals surface area contributed by atoms with Gasteiger partial charge in [0.05, 0.1) is 0 Å². The topological polar surface area (TPSA) is 44.4 Å². The number of aryl methyl sites for hydroxylation is 1. The van der Waals surface area contributed by atoms with Crippen LogP contribution in [0.4, 0.5) is 16.2 Å². The standard InChI is InChI=1S/C19H29N3O.ClH/c1-4-22(5-2)17-10-11-18(15(3)14-17)21-19(23)20-13-12-16-8-6-7-9-16;/h10-14,16H,4-9H2,1-3H3,(H2,20,21,23);1H/p-1/b13-12+;. The quantitative estimate of drug-likeness (QED) is 0.819. The summed E-state index contributed by atoms with van der Waals surface area (Å²) in [4.78, 5) is 14.3. The van der Waals surface area contributed by atoms with Gasteiger partial charge < -0.3 is 27.9 Å². The molecule has 0 spiro atoms. The minimum absolute atomic E-state index is 0. The Bertz CT molecular complexity index is 550. The van der Waals surface area contributed by atoms with E-state index in [4.69, 9.17) is 0 Å². The van der Waals surface area contributed by atoms with Gasteiger partial charge in [-0.2, -0.15) is 0 Å². The zero-order valence-electron chi connectivity index (χ0n) is 14.9. The van der Waals surface area contributed by atoms with Gasteiger partial charge in [0.25, 0.3) is 0 Å². The van der Waals surface area contributed by atoms with E-state index >= 15 is 0 Å². The normalized spacial score (nSPS) is 14.5. The Morgan fingerprint density at radius 3 is 2.50 bits per heavy atom. The molecule has 24 heavy (non-hydrogen) atoms. The molecule has 0 radical (unpaired) electrons. The molecule has 1 aliphatic carbocycles. The molecule has 0 atom stereocenters. The predicted octanol–water partition coefficient (Wildman–Crippen LogP) is 1.67. The summed E-state index contributed by atoms with van der Waals surface area (Å²) in [7, 11) is 0. The molecular formula is C19H29ClN3O-. The first kappa shape index (κ1) is 20.4. The number of amides is 2. The number of benzene rings is 1. The molecule has 0 aliphatic heterocycles. The van der Waals surface area contributed by atoms with E-state index in [9.17, 15) is 4.79 Å². The summed E-state index contributed by atoms with van der Waals surface area (Å²) >= 11 is 0. The molecule has 134 valence electrons. The van der Waals surface area contributed by atoms with Gasteiger partial charge in [-0.25, -0.2) is 4.79 Å². The third-order valence-corrected chi connectivity index (χ3v) is 4.57. The molecule has 2 amide bonds. The molecule has 4 nitrogen and oxygen atoms in total. The van der Waals surface area contributed by atoms with Crippen LogP contribution in [0.25, 0.3) is 0 Å². The van der Waals surface area contributed by atoms with Crippen LogP contribution in [0, 0.1) is 12.8 Å². The summed E-state index contributed by atoms with van der Waals surface area (Å²) in [6.07, 6.45) is 8.99. The Hall–Kier alpha value is -1.68. The number of nitrogens with zero attached hydrogens (tertiary/aromatic N) is 1. The highest BCUT2D eigenvalue weighted by molar-refractivity contribution is 5.91. The molecule has 0 bridgehead atoms. The monoisotopic (exact) mass is 350 g/mol. The first-order valence-corrected chi connectivity index (χ1v) is 8.73. The lowest BCUT2D eigenvalue weighted by atomic mass is 10.1. The van der Waals surface area contributed by atoms with Crippen molar-refractivity contribution in [2.75, 3.05) is 23.3 Å². The van der Waals surface area contributed by atoms with E-state index in [0.717, 1.165) is 24.3 Å². The fraction of sp³-hybridized carbons (Fsp3) is 0.526. The van der Waals surface area contributed by atoms with Crippen LogP contribution in [-0.2, 0) is 0 Å². The van der Waals surface area contributed by atoms with E-state index in [1.165, 1.54) is 31.4 Å². The Labute approximate surface area is 152 Å². The van der Waals surface area contributed by atoms with Crippen LogP contribution in [0.2, 0.25) is 0 Å². The van der Waals surface area contributed by atoms with Crippen molar-refractivity contribution in [3.8, 4) is 0 Å². The molecule has 1 aliphatic rings. The summed E-state index contributed by atoms with van der Waals surface area (Å²) in [5.41, 5.74) is 3.12. The van der Waals surface area contributed by atoms with Crippen molar-refractivity contribution in [2.24, 2.45) is 5.92 Å². The third kappa shape index (κ3) is 5.75. The number of carbonyl (C=O) groups is 1. The summed E-state index contributed by atoms with van der Waals surface area (Å²) in [5, 5.41) is 5.72. The third-order valence-electron chi connectivity index (χ3n) is 4.57. The molecule has 0 unspecified atom stereocenters. The number of carbonyl (C=O) groups excluding carboxylic acids is 1. The van der Waals surface area contributed by atoms with Gasteiger partial charge in [0.1, 0.15) is 0 Å². The van der Waals surface area contributed by atoms with Crippen LogP contribution in [-0.4, -0.2) is 19.1 Å². The van der Waals surface area contributed by atoms with Gasteiger partial charge in [0, 0.05) is 30.7 Å². The second-order valence-corrected chi connectivity index (χ2v) is 6.17. The second kappa shape index (κ2) is 10.2. The van der Waals surface area contributed by atoms with Crippen molar-refractivity contribution >= 4 is 17.4 Å². The van der Waals surface area contributed by atoms with Gasteiger partial charge in [-0.15, -0.1) is 0 Å². The molecule has 1 fully saturated rings. The minimum Gasteiger partial charge on any atom is -1.00 e. The van der Waals surface area contributed by atoms with E-state index in [1.54, 1.807) is 6.20 Å². The van der Waals surface area contributed by atoms with Crippen LogP contribution < -0.4 is 27.9 Å². The van der Waals surface area contributed by atoms with Gasteiger partial charge >= 0.3 is 6.03 Å². The molecule has 0 aromatic heterocycles. The molecule has 0 heterocycles. The fourth-order valence-corrected chi connectivity index (χ4v) is 3.14. The highest BCUT2D eigenvalue weighted by Crippen LogP contribution is 2.25. The van der Waals surface area contributed by atoms with E-state index in [1.807, 2.05) is 13.0 Å². The van der Waals surface area contributed by atoms with Crippen molar-refractivity contribution in [3.05, 3.63) is 36.0 Å². The van der Waals surface area contributed by atoms with Crippen LogP contribution in [0.3, 0.4) is 0 Å². The first-order chi connectivity index (χ1) is 11.1. The van der Waals surface area contributed by atoms with Crippen molar-refractivity contribution in [1.29, 1.82) is 0 Å². The first-order valence-electron chi connectivity index (χ1n) is 8.73. The van der Waals surface area contributed by atoms with Gasteiger partial charge in [-0.3, -0.25) is 0 Å². The van der Waals surface area contributed by atoms with Gasteiger partial charge in [-0.05, 0) is 63.3 Å². The average Bonchev–Trinajstić information content (AvgIpc) is 3.04. The fourth-order valence-electron chi connectivity index (χ4n) is 3.14. The van der Waals surface area contributed by atoms with E-state index < -0.39 is 0 Å². The Morgan fingerprint density at radius 1 is 1.25 bits per heavy atom. The van der Waals surface area contributed by atoms with Gasteiger partial charge in [0.15, 0.2) is 0 Å². The van der Waals surface area contributed by atoms with Crippen molar-refractivity contribution < 1.29 is 17.2 Å². The largest absolute Gasteiger partial charge is 1.00 e. The van der Waals surface area contributed by atoms with Crippen LogP contribution in [0.15, 0.2) is 30.5 Å². The summed E-state index contributed by atoms with van der Waals surface area (Å²) in [6.45, 7) is 8.28. The number of allylic oxidation sites excluding steroid dienone is 1. The smallest absolute Gasteiger partial charge is 0.323 e. The maximum Gasteiger partial charge on any atom is 0.323 e. The second-order valence-electron chi connectivity index (χ2n) is 6.17. The maximum absolute atomic E-state index is 12.0. The number of nitrogens with one attached hydrogen (secondary N) is 2. The van der Waals surface area contributed by atoms with Crippen molar-refractivity contribution in [2.45, 2.75) is 46.5 Å². The molecule has 2 rings (SSSR count). The van der Waals surface area contributed by atoms with Crippen LogP contribution in [0.1, 0.15) is 45.1 Å². The number of hydrogen-bond donors (Lipinski definition) is 2. The number of halogens is 1. The van der Waals surface area contributed by atoms with Crippen molar-refractivity contribution in [3.63, 3.8) is 0 Å². The van der Waals surface area contributed by atoms with Crippen molar-refractivity contribution in [1.82, 2.24) is 5.32 Å². The SMILES string of the molecule is CCN(CC)c1ccc(NC(=O)N/C=C/C2CCCC2)c(C)c1.[Cl-]. The zero-order valence-corrected chi connectivity index (χ0v) is 15.7. The molecule has 1 aromatic rings. The van der Waals surface area contributed by atoms with E-state index in [2.05, 4.69) is 47.6 Å². The summed E-state index contributed by atoms with van der Waals surface area (Å²) < 4.78 is 0. The number of rotatable bonds is 6. The Morgan fingerprint density at radius 2 is 1.92 bits per heavy atom. The maximum atomic E-state index is 12.0. The molecule has 5 heteroatoms. The highest BCUT2D eigenvalue weighted by Gasteiger charge is 2.11. The summed E-state index contributed by atoms with van der Waals surface area (Å²) in [5.74, 6) is 0.630. The summed E-state index contributed by atoms with van der Waals surface area (Å²) in [6, 6.07) is 5.97. The molecule has 1 saturated carbocycles. The lowest BCUT2D eigenvalue weighted by Gasteiger charge is -2.22. The van der Waals surface area contributed by atoms with E-state index in [0.29, 0.717) is 5.92 Å². The lowest BCUT2D eigenvalue weighted by molar-refractivity contribution is -0.00000802. The molecule has 0 saturated heterocycles. The Balaban J connectivity index is 0.00000288. The van der Waals surface area contributed by atoms with Crippen LogP contribution >= 0.6 is 0 Å². The van der Waals surface area contributed by atoms with E-state index in [-0.39, 0.29) is 18.4 Å². The minimum atomic E-state index is -0.182. The average molecular weight is 351 g/mol. The Kier molecular flexibility index (Phi) is 8.69. The number of hydrogen-bond acceptors (Lipinski definition) is 2. The lowest BCUT2D eigenvalue weighted by Crippen LogP contribution is -3.00. The zero-order chi connectivity index (χ0) is 16.7. The molecule has 1 aromatic carbocycles. The predicted molar refractivity (Wildman–Crippen MR) is 98.0 cm³/mol. The number of anilines is 2. The molecule has 2 N–H and O–H groups in total. The molecular weight excluding hydrogens is 322 g/mol. The van der Waals surface area contributed by atoms with Crippen LogP contribution in [0.5, 0.6) is 0 Å². The highest BCUT2D eigenvalue weighted by atomic mass is 35.5. The number of urea groups is 1.